The number of nitrogens with one attached hydrogen (secondary N) is 1. The molecule has 0 bridgehead atoms. The lowest BCUT2D eigenvalue weighted by atomic mass is 10.2. The molecule has 0 spiro atoms. The van der Waals surface area contributed by atoms with E-state index in [4.69, 9.17) is 4.74 Å². The van der Waals surface area contributed by atoms with Gasteiger partial charge in [0, 0.05) is 17.4 Å². The largest absolute Gasteiger partial charge is 0.489 e. The monoisotopic (exact) mass is 485 g/mol. The van der Waals surface area contributed by atoms with Gasteiger partial charge in [-0.1, -0.05) is 12.1 Å². The first-order valence-electron chi connectivity index (χ1n) is 9.09. The number of anilines is 1. The zero-order chi connectivity index (χ0) is 20.9. The summed E-state index contributed by atoms with van der Waals surface area (Å²) in [5, 5.41) is 9.06. The van der Waals surface area contributed by atoms with Crippen LogP contribution in [0.2, 0.25) is 0 Å². The molecule has 8 heteroatoms. The Balaban J connectivity index is 1.36. The number of benzene rings is 2. The van der Waals surface area contributed by atoms with Crippen molar-refractivity contribution in [1.29, 1.82) is 0 Å². The van der Waals surface area contributed by atoms with Gasteiger partial charge in [-0.05, 0) is 69.3 Å². The number of carbonyl (C=O) groups excluding carboxylic acids is 1. The molecule has 2 aromatic carbocycles. The Morgan fingerprint density at radius 3 is 2.77 bits per heavy atom. The van der Waals surface area contributed by atoms with Gasteiger partial charge in [-0.15, -0.1) is 11.3 Å². The van der Waals surface area contributed by atoms with Crippen molar-refractivity contribution in [3.63, 3.8) is 0 Å². The summed E-state index contributed by atoms with van der Waals surface area (Å²) >= 11 is 4.74. The van der Waals surface area contributed by atoms with Crippen LogP contribution in [0.1, 0.15) is 20.8 Å². The van der Waals surface area contributed by atoms with Crippen molar-refractivity contribution in [2.75, 3.05) is 5.32 Å². The third-order valence-corrected chi connectivity index (χ3v) is 5.62. The molecule has 0 fully saturated rings. The minimum absolute atomic E-state index is 0.174. The molecule has 4 rings (SSSR count). The summed E-state index contributed by atoms with van der Waals surface area (Å²) in [6.07, 6.45) is 3.63. The first kappa shape index (κ1) is 20.3. The van der Waals surface area contributed by atoms with E-state index < -0.39 is 0 Å². The van der Waals surface area contributed by atoms with E-state index in [0.29, 0.717) is 23.8 Å². The summed E-state index contributed by atoms with van der Waals surface area (Å²) in [5.74, 6) is 0.0973. The lowest BCUT2D eigenvalue weighted by Gasteiger charge is -2.07. The highest BCUT2D eigenvalue weighted by Gasteiger charge is 2.11. The topological polar surface area (TPSA) is 56.2 Å². The highest BCUT2D eigenvalue weighted by molar-refractivity contribution is 9.10. The standard InChI is InChI=1S/C22H17BrFN3O2S/c23-17-10-25-27(12-17)11-15-2-1-3-19(8-15)26-22(28)21-9-16(14-30-21)13-29-20-6-4-18(24)5-7-20/h1-10,12,14H,11,13H2,(H,26,28). The quantitative estimate of drug-likeness (QED) is 0.363. The lowest BCUT2D eigenvalue weighted by molar-refractivity contribution is 0.103. The number of aromatic nitrogens is 2. The molecule has 0 atom stereocenters. The summed E-state index contributed by atoms with van der Waals surface area (Å²) in [6, 6.07) is 15.3. The smallest absolute Gasteiger partial charge is 0.265 e. The number of hydrogen-bond acceptors (Lipinski definition) is 4. The van der Waals surface area contributed by atoms with Crippen LogP contribution < -0.4 is 10.1 Å². The minimum Gasteiger partial charge on any atom is -0.489 e. The highest BCUT2D eigenvalue weighted by atomic mass is 79.9. The Kier molecular flexibility index (Phi) is 6.25. The Morgan fingerprint density at radius 2 is 2.00 bits per heavy atom. The molecular formula is C22H17BrFN3O2S. The molecule has 1 N–H and O–H groups in total. The van der Waals surface area contributed by atoms with Crippen molar-refractivity contribution in [2.45, 2.75) is 13.2 Å². The van der Waals surface area contributed by atoms with E-state index in [1.54, 1.807) is 24.4 Å². The van der Waals surface area contributed by atoms with Crippen molar-refractivity contribution in [3.05, 3.63) is 98.7 Å². The lowest BCUT2D eigenvalue weighted by Crippen LogP contribution is -2.10. The summed E-state index contributed by atoms with van der Waals surface area (Å²) in [4.78, 5) is 13.2. The molecule has 0 radical (unpaired) electrons. The van der Waals surface area contributed by atoms with Crippen LogP contribution in [0.15, 0.2) is 76.8 Å². The number of nitrogens with zero attached hydrogens (tertiary/aromatic N) is 2. The molecule has 1 amide bonds. The molecule has 0 aliphatic heterocycles. The van der Waals surface area contributed by atoms with Crippen LogP contribution in [0.25, 0.3) is 0 Å². The van der Waals surface area contributed by atoms with E-state index in [0.717, 1.165) is 21.3 Å². The Hall–Kier alpha value is -2.97. The fourth-order valence-corrected chi connectivity index (χ4v) is 3.94. The second kappa shape index (κ2) is 9.23. The van der Waals surface area contributed by atoms with E-state index in [2.05, 4.69) is 26.3 Å². The molecule has 152 valence electrons. The fraction of sp³-hybridized carbons (Fsp3) is 0.0909. The van der Waals surface area contributed by atoms with Crippen LogP contribution in [0.4, 0.5) is 10.1 Å². The van der Waals surface area contributed by atoms with Crippen LogP contribution in [0, 0.1) is 5.82 Å². The van der Waals surface area contributed by atoms with Gasteiger partial charge in [0.05, 0.1) is 22.1 Å². The first-order valence-corrected chi connectivity index (χ1v) is 10.8. The molecule has 4 aromatic rings. The fourth-order valence-electron chi connectivity index (χ4n) is 2.82. The second-order valence-corrected chi connectivity index (χ2v) is 8.40. The van der Waals surface area contributed by atoms with Crippen LogP contribution in [-0.2, 0) is 13.2 Å². The van der Waals surface area contributed by atoms with Crippen LogP contribution in [0.5, 0.6) is 5.75 Å². The van der Waals surface area contributed by atoms with Crippen LogP contribution >= 0.6 is 27.3 Å². The average Bonchev–Trinajstić information content (AvgIpc) is 3.37. The molecule has 2 heterocycles. The zero-order valence-electron chi connectivity index (χ0n) is 15.7. The highest BCUT2D eigenvalue weighted by Crippen LogP contribution is 2.20. The van der Waals surface area contributed by atoms with Gasteiger partial charge in [-0.25, -0.2) is 4.39 Å². The third-order valence-electron chi connectivity index (χ3n) is 4.23. The molecule has 5 nitrogen and oxygen atoms in total. The maximum absolute atomic E-state index is 13.0. The zero-order valence-corrected chi connectivity index (χ0v) is 18.1. The molecule has 0 saturated heterocycles. The van der Waals surface area contributed by atoms with Crippen LogP contribution in [0.3, 0.4) is 0 Å². The maximum Gasteiger partial charge on any atom is 0.265 e. The predicted octanol–water partition coefficient (Wildman–Crippen LogP) is 5.73. The van der Waals surface area contributed by atoms with E-state index in [-0.39, 0.29) is 11.7 Å². The van der Waals surface area contributed by atoms with Crippen LogP contribution in [-0.4, -0.2) is 15.7 Å². The number of carbonyl (C=O) groups is 1. The van der Waals surface area contributed by atoms with Crippen molar-refractivity contribution in [2.24, 2.45) is 0 Å². The summed E-state index contributed by atoms with van der Waals surface area (Å²) in [6.45, 7) is 0.920. The predicted molar refractivity (Wildman–Crippen MR) is 118 cm³/mol. The Labute approximate surface area is 185 Å². The molecule has 0 unspecified atom stereocenters. The molecule has 2 aromatic heterocycles. The van der Waals surface area contributed by atoms with E-state index >= 15 is 0 Å². The summed E-state index contributed by atoms with van der Waals surface area (Å²) in [7, 11) is 0. The molecule has 30 heavy (non-hydrogen) atoms. The van der Waals surface area contributed by atoms with Crippen molar-refractivity contribution < 1.29 is 13.9 Å². The molecule has 0 aliphatic rings. The first-order chi connectivity index (χ1) is 14.5. The Bertz CT molecular complexity index is 1160. The van der Waals surface area contributed by atoms with Gasteiger partial charge in [0.15, 0.2) is 0 Å². The van der Waals surface area contributed by atoms with Crippen molar-refractivity contribution in [1.82, 2.24) is 9.78 Å². The van der Waals surface area contributed by atoms with Gasteiger partial charge >= 0.3 is 0 Å². The SMILES string of the molecule is O=C(Nc1cccc(Cn2cc(Br)cn2)c1)c1cc(COc2ccc(F)cc2)cs1. The van der Waals surface area contributed by atoms with Gasteiger partial charge in [-0.2, -0.15) is 5.10 Å². The van der Waals surface area contributed by atoms with Gasteiger partial charge in [-0.3, -0.25) is 9.48 Å². The number of rotatable bonds is 7. The number of amides is 1. The van der Waals surface area contributed by atoms with Crippen molar-refractivity contribution in [3.8, 4) is 5.75 Å². The number of thiophene rings is 1. The van der Waals surface area contributed by atoms with Gasteiger partial charge in [0.2, 0.25) is 0 Å². The molecular weight excluding hydrogens is 469 g/mol. The average molecular weight is 486 g/mol. The molecule has 0 saturated carbocycles. The minimum atomic E-state index is -0.307. The van der Waals surface area contributed by atoms with Gasteiger partial charge in [0.25, 0.3) is 5.91 Å². The maximum atomic E-state index is 13.0. The number of halogens is 2. The molecule has 0 aliphatic carbocycles. The second-order valence-electron chi connectivity index (χ2n) is 6.57. The third kappa shape index (κ3) is 5.34. The Morgan fingerprint density at radius 1 is 1.17 bits per heavy atom. The summed E-state index contributed by atoms with van der Waals surface area (Å²) in [5.41, 5.74) is 2.64. The van der Waals surface area contributed by atoms with E-state index in [9.17, 15) is 9.18 Å². The number of ether oxygens (including phenoxy) is 1. The van der Waals surface area contributed by atoms with Crippen molar-refractivity contribution >= 4 is 38.9 Å². The van der Waals surface area contributed by atoms with Gasteiger partial charge < -0.3 is 10.1 Å². The van der Waals surface area contributed by atoms with Gasteiger partial charge in [0.1, 0.15) is 18.2 Å². The van der Waals surface area contributed by atoms with E-state index in [1.807, 2.05) is 40.5 Å². The van der Waals surface area contributed by atoms with E-state index in [1.165, 1.54) is 23.5 Å². The number of hydrogen-bond donors (Lipinski definition) is 1. The normalized spacial score (nSPS) is 10.7. The summed E-state index contributed by atoms with van der Waals surface area (Å²) < 4.78 is 21.3.